The summed E-state index contributed by atoms with van der Waals surface area (Å²) in [6, 6.07) is 50.1. The predicted octanol–water partition coefficient (Wildman–Crippen LogP) is 10.8. The molecule has 2 nitrogen and oxygen atoms in total. The molecule has 0 unspecified atom stereocenters. The van der Waals surface area contributed by atoms with Crippen LogP contribution in [0, 0.1) is 0 Å². The van der Waals surface area contributed by atoms with Crippen molar-refractivity contribution in [2.75, 3.05) is 0 Å². The van der Waals surface area contributed by atoms with Crippen LogP contribution in [0.3, 0.4) is 0 Å². The van der Waals surface area contributed by atoms with E-state index in [4.69, 9.17) is 21.0 Å². The molecule has 190 valence electrons. The molecule has 0 N–H and O–H groups in total. The topological polar surface area (TPSA) is 26.0 Å². The lowest BCUT2D eigenvalue weighted by Gasteiger charge is -2.09. The summed E-state index contributed by atoms with van der Waals surface area (Å²) in [6.45, 7) is 0. The zero-order valence-corrected chi connectivity index (χ0v) is 22.3. The van der Waals surface area contributed by atoms with Crippen LogP contribution in [0.1, 0.15) is 0 Å². The fourth-order valence-corrected chi connectivity index (χ4v) is 5.22. The molecule has 0 saturated carbocycles. The maximum atomic E-state index is 6.35. The van der Waals surface area contributed by atoms with Crippen LogP contribution in [0.2, 0.25) is 5.02 Å². The molecule has 1 heterocycles. The maximum absolute atomic E-state index is 6.35. The first-order valence-electron chi connectivity index (χ1n) is 13.2. The van der Waals surface area contributed by atoms with Crippen LogP contribution in [-0.2, 0) is 0 Å². The molecule has 0 aliphatic carbocycles. The minimum absolute atomic E-state index is 0.574. The van der Waals surface area contributed by atoms with Crippen molar-refractivity contribution in [2.45, 2.75) is 0 Å². The van der Waals surface area contributed by atoms with E-state index in [-0.39, 0.29) is 0 Å². The zero-order chi connectivity index (χ0) is 26.9. The standard InChI is InChI=1S/C37H24ClNO/c38-33-21-19-31(20-22-33)37-39-36-34(30-17-15-28(16-18-30)26-9-5-2-6-10-26)23-32(24-35(36)40-37)29-13-11-27(12-14-29)25-7-3-1-4-8-25/h1-24H. The van der Waals surface area contributed by atoms with Gasteiger partial charge >= 0.3 is 0 Å². The van der Waals surface area contributed by atoms with E-state index in [1.807, 2.05) is 36.4 Å². The van der Waals surface area contributed by atoms with Gasteiger partial charge in [0.05, 0.1) is 0 Å². The molecule has 40 heavy (non-hydrogen) atoms. The van der Waals surface area contributed by atoms with Gasteiger partial charge in [-0.15, -0.1) is 0 Å². The van der Waals surface area contributed by atoms with Crippen molar-refractivity contribution in [1.82, 2.24) is 4.98 Å². The third-order valence-corrected chi connectivity index (χ3v) is 7.47. The summed E-state index contributed by atoms with van der Waals surface area (Å²) >= 11 is 6.13. The molecule has 0 fully saturated rings. The number of fused-ring (bicyclic) bond motifs is 1. The average molecular weight is 534 g/mol. The Labute approximate surface area is 238 Å². The molecule has 0 amide bonds. The second-order valence-electron chi connectivity index (χ2n) is 9.78. The third kappa shape index (κ3) is 4.70. The largest absolute Gasteiger partial charge is 0.436 e. The van der Waals surface area contributed by atoms with E-state index in [0.29, 0.717) is 10.9 Å². The smallest absolute Gasteiger partial charge is 0.227 e. The first-order valence-corrected chi connectivity index (χ1v) is 13.6. The van der Waals surface area contributed by atoms with Crippen LogP contribution in [0.5, 0.6) is 0 Å². The minimum atomic E-state index is 0.574. The van der Waals surface area contributed by atoms with E-state index >= 15 is 0 Å². The van der Waals surface area contributed by atoms with Gasteiger partial charge in [0.1, 0.15) is 5.52 Å². The third-order valence-electron chi connectivity index (χ3n) is 7.21. The van der Waals surface area contributed by atoms with Gasteiger partial charge in [-0.3, -0.25) is 0 Å². The molecule has 0 spiro atoms. The second-order valence-corrected chi connectivity index (χ2v) is 10.2. The van der Waals surface area contributed by atoms with Crippen LogP contribution in [0.15, 0.2) is 150 Å². The van der Waals surface area contributed by atoms with Gasteiger partial charge in [0, 0.05) is 16.1 Å². The Morgan fingerprint density at radius 1 is 0.425 bits per heavy atom. The van der Waals surface area contributed by atoms with Crippen molar-refractivity contribution in [3.05, 3.63) is 151 Å². The van der Waals surface area contributed by atoms with Gasteiger partial charge in [-0.2, -0.15) is 0 Å². The molecule has 0 atom stereocenters. The number of hydrogen-bond donors (Lipinski definition) is 0. The van der Waals surface area contributed by atoms with E-state index in [0.717, 1.165) is 38.9 Å². The summed E-state index contributed by atoms with van der Waals surface area (Å²) in [5, 5.41) is 0.681. The van der Waals surface area contributed by atoms with Gasteiger partial charge in [0.25, 0.3) is 0 Å². The number of nitrogens with zero attached hydrogens (tertiary/aromatic N) is 1. The summed E-state index contributed by atoms with van der Waals surface area (Å²) in [4.78, 5) is 4.95. The number of hydrogen-bond acceptors (Lipinski definition) is 2. The van der Waals surface area contributed by atoms with Crippen LogP contribution in [0.4, 0.5) is 0 Å². The quantitative estimate of drug-likeness (QED) is 0.220. The van der Waals surface area contributed by atoms with Gasteiger partial charge in [-0.1, -0.05) is 121 Å². The van der Waals surface area contributed by atoms with Crippen LogP contribution in [0.25, 0.3) is 67.1 Å². The highest BCUT2D eigenvalue weighted by Gasteiger charge is 2.16. The second kappa shape index (κ2) is 10.3. The van der Waals surface area contributed by atoms with Crippen molar-refractivity contribution in [1.29, 1.82) is 0 Å². The van der Waals surface area contributed by atoms with E-state index < -0.39 is 0 Å². The highest BCUT2D eigenvalue weighted by atomic mass is 35.5. The monoisotopic (exact) mass is 533 g/mol. The van der Waals surface area contributed by atoms with Gasteiger partial charge in [-0.25, -0.2) is 4.98 Å². The maximum Gasteiger partial charge on any atom is 0.227 e. The van der Waals surface area contributed by atoms with E-state index in [1.165, 1.54) is 22.3 Å². The van der Waals surface area contributed by atoms with E-state index in [2.05, 4.69) is 109 Å². The number of rotatable bonds is 5. The van der Waals surface area contributed by atoms with Crippen molar-refractivity contribution >= 4 is 22.7 Å². The fourth-order valence-electron chi connectivity index (χ4n) is 5.09. The minimum Gasteiger partial charge on any atom is -0.436 e. The van der Waals surface area contributed by atoms with E-state index in [9.17, 15) is 0 Å². The van der Waals surface area contributed by atoms with Crippen molar-refractivity contribution in [3.8, 4) is 56.0 Å². The van der Waals surface area contributed by atoms with Crippen molar-refractivity contribution in [3.63, 3.8) is 0 Å². The Bertz CT molecular complexity index is 1910. The first kappa shape index (κ1) is 24.1. The number of halogens is 1. The van der Waals surface area contributed by atoms with Crippen molar-refractivity contribution in [2.24, 2.45) is 0 Å². The first-order chi connectivity index (χ1) is 19.7. The average Bonchev–Trinajstić information content (AvgIpc) is 3.46. The van der Waals surface area contributed by atoms with E-state index in [1.54, 1.807) is 0 Å². The number of benzene rings is 6. The molecule has 0 aliphatic rings. The Balaban J connectivity index is 1.35. The summed E-state index contributed by atoms with van der Waals surface area (Å²) in [6.07, 6.45) is 0. The van der Waals surface area contributed by atoms with Gasteiger partial charge < -0.3 is 4.42 Å². The molecule has 0 bridgehead atoms. The molecule has 1 aromatic heterocycles. The van der Waals surface area contributed by atoms with Gasteiger partial charge in [0.2, 0.25) is 5.89 Å². The Kier molecular flexibility index (Phi) is 6.24. The Morgan fingerprint density at radius 2 is 0.875 bits per heavy atom. The van der Waals surface area contributed by atoms with Gasteiger partial charge in [0.15, 0.2) is 5.58 Å². The summed E-state index contributed by atoms with van der Waals surface area (Å²) in [7, 11) is 0. The Hall–Kier alpha value is -4.92. The summed E-state index contributed by atoms with van der Waals surface area (Å²) < 4.78 is 6.35. The summed E-state index contributed by atoms with van der Waals surface area (Å²) in [5.41, 5.74) is 11.5. The lowest BCUT2D eigenvalue weighted by molar-refractivity contribution is 0.620. The molecular weight excluding hydrogens is 510 g/mol. The molecule has 0 aliphatic heterocycles. The lowest BCUT2D eigenvalue weighted by atomic mass is 9.95. The molecule has 0 saturated heterocycles. The number of aromatic nitrogens is 1. The molecular formula is C37H24ClNO. The fraction of sp³-hybridized carbons (Fsp3) is 0. The van der Waals surface area contributed by atoms with Crippen molar-refractivity contribution < 1.29 is 4.42 Å². The highest BCUT2D eigenvalue weighted by molar-refractivity contribution is 6.30. The predicted molar refractivity (Wildman–Crippen MR) is 166 cm³/mol. The summed E-state index contributed by atoms with van der Waals surface area (Å²) in [5.74, 6) is 0.574. The normalized spacial score (nSPS) is 11.1. The Morgan fingerprint density at radius 3 is 1.43 bits per heavy atom. The molecule has 3 heteroatoms. The zero-order valence-electron chi connectivity index (χ0n) is 21.6. The van der Waals surface area contributed by atoms with Gasteiger partial charge in [-0.05, 0) is 75.3 Å². The molecule has 7 rings (SSSR count). The van der Waals surface area contributed by atoms with Crippen LogP contribution >= 0.6 is 11.6 Å². The lowest BCUT2D eigenvalue weighted by Crippen LogP contribution is -1.86. The SMILES string of the molecule is Clc1ccc(-c2nc3c(-c4ccc(-c5ccccc5)cc4)cc(-c4ccc(-c5ccccc5)cc4)cc3o2)cc1. The molecule has 6 aromatic carbocycles. The number of oxazole rings is 1. The molecule has 7 aromatic rings. The molecule has 0 radical (unpaired) electrons. The van der Waals surface area contributed by atoms with Crippen LogP contribution in [-0.4, -0.2) is 4.98 Å². The highest BCUT2D eigenvalue weighted by Crippen LogP contribution is 2.37. The van der Waals surface area contributed by atoms with Crippen LogP contribution < -0.4 is 0 Å².